The molecule has 0 aliphatic carbocycles. The van der Waals surface area contributed by atoms with Gasteiger partial charge in [-0.15, -0.1) is 0 Å². The second-order valence-corrected chi connectivity index (χ2v) is 5.85. The maximum absolute atomic E-state index is 12.3. The van der Waals surface area contributed by atoms with Gasteiger partial charge in [0.05, 0.1) is 11.9 Å². The first-order chi connectivity index (χ1) is 9.22. The Morgan fingerprint density at radius 1 is 1.40 bits per heavy atom. The molecule has 2 N–H and O–H groups in total. The highest BCUT2D eigenvalue weighted by atomic mass is 32.2. The Bertz CT molecular complexity index is 772. The molecule has 0 fully saturated rings. The number of anilines is 1. The molecule has 0 unspecified atom stereocenters. The minimum absolute atomic E-state index is 0.0243. The van der Waals surface area contributed by atoms with Crippen molar-refractivity contribution >= 4 is 21.7 Å². The highest BCUT2D eigenvalue weighted by Gasteiger charge is 2.31. The molecule has 0 atom stereocenters. The lowest BCUT2D eigenvalue weighted by atomic mass is 10.2. The van der Waals surface area contributed by atoms with E-state index < -0.39 is 16.0 Å². The molecule has 0 radical (unpaired) electrons. The van der Waals surface area contributed by atoms with E-state index in [0.29, 0.717) is 0 Å². The maximum atomic E-state index is 12.3. The van der Waals surface area contributed by atoms with Gasteiger partial charge < -0.3 is 9.52 Å². The summed E-state index contributed by atoms with van der Waals surface area (Å²) in [7, 11) is -2.43. The Hall–Kier alpha value is -2.29. The molecule has 2 rings (SSSR count). The van der Waals surface area contributed by atoms with Gasteiger partial charge in [-0.05, 0) is 13.8 Å². The van der Waals surface area contributed by atoms with Crippen LogP contribution in [0.5, 0.6) is 0 Å². The number of aromatic nitrogens is 2. The van der Waals surface area contributed by atoms with Crippen LogP contribution in [-0.2, 0) is 17.1 Å². The van der Waals surface area contributed by atoms with Crippen molar-refractivity contribution in [2.75, 3.05) is 4.72 Å². The first-order valence-electron chi connectivity index (χ1n) is 5.57. The maximum Gasteiger partial charge on any atom is 0.340 e. The summed E-state index contributed by atoms with van der Waals surface area (Å²) in [5.74, 6) is -1.29. The van der Waals surface area contributed by atoms with Crippen LogP contribution in [-0.4, -0.2) is 29.3 Å². The van der Waals surface area contributed by atoms with E-state index in [2.05, 4.69) is 9.82 Å². The molecule has 0 saturated carbocycles. The van der Waals surface area contributed by atoms with Gasteiger partial charge in [-0.25, -0.2) is 13.2 Å². The van der Waals surface area contributed by atoms with Gasteiger partial charge in [0.2, 0.25) is 0 Å². The standard InChI is InChI=1S/C11H13N3O5S/c1-6-9(11(15)16)10(7(2)19-6)20(17,18)13-8-4-12-14(3)5-8/h4-5,13H,1-3H3,(H,15,16). The number of rotatable bonds is 4. The number of sulfonamides is 1. The fraction of sp³-hybridized carbons (Fsp3) is 0.273. The van der Waals surface area contributed by atoms with Crippen LogP contribution in [0, 0.1) is 13.8 Å². The van der Waals surface area contributed by atoms with E-state index in [1.54, 1.807) is 7.05 Å². The number of aryl methyl sites for hydroxylation is 3. The molecule has 108 valence electrons. The van der Waals surface area contributed by atoms with Crippen molar-refractivity contribution in [2.24, 2.45) is 7.05 Å². The zero-order chi connectivity index (χ0) is 15.1. The van der Waals surface area contributed by atoms with Crippen LogP contribution in [0.25, 0.3) is 0 Å². The third-order valence-corrected chi connectivity index (χ3v) is 4.18. The van der Waals surface area contributed by atoms with E-state index in [4.69, 9.17) is 9.52 Å². The molecule has 0 aliphatic rings. The number of furan rings is 1. The first-order valence-corrected chi connectivity index (χ1v) is 7.05. The Balaban J connectivity index is 2.52. The van der Waals surface area contributed by atoms with Crippen LogP contribution in [0.3, 0.4) is 0 Å². The number of nitrogens with one attached hydrogen (secondary N) is 1. The van der Waals surface area contributed by atoms with Gasteiger partial charge in [0.15, 0.2) is 0 Å². The highest BCUT2D eigenvalue weighted by Crippen LogP contribution is 2.28. The smallest absolute Gasteiger partial charge is 0.340 e. The summed E-state index contributed by atoms with van der Waals surface area (Å²) in [4.78, 5) is 10.8. The second-order valence-electron chi connectivity index (χ2n) is 4.23. The van der Waals surface area contributed by atoms with Crippen LogP contribution in [0.15, 0.2) is 21.7 Å². The molecule has 2 aromatic heterocycles. The molecule has 0 bridgehead atoms. The number of carbonyl (C=O) groups is 1. The fourth-order valence-electron chi connectivity index (χ4n) is 1.91. The molecule has 2 aromatic rings. The summed E-state index contributed by atoms with van der Waals surface area (Å²) in [6.07, 6.45) is 2.78. The number of aromatic carboxylic acids is 1. The number of carboxylic acid groups (broad SMARTS) is 1. The van der Waals surface area contributed by atoms with Gasteiger partial charge in [-0.2, -0.15) is 5.10 Å². The van der Waals surface area contributed by atoms with Crippen molar-refractivity contribution in [3.63, 3.8) is 0 Å². The number of hydrogen-bond acceptors (Lipinski definition) is 5. The zero-order valence-electron chi connectivity index (χ0n) is 11.0. The molecule has 8 nitrogen and oxygen atoms in total. The van der Waals surface area contributed by atoms with E-state index in [1.165, 1.54) is 30.9 Å². The molecule has 2 heterocycles. The molecule has 0 amide bonds. The normalized spacial score (nSPS) is 11.6. The molecule has 0 spiro atoms. The molecular weight excluding hydrogens is 286 g/mol. The van der Waals surface area contributed by atoms with Crippen LogP contribution in [0.1, 0.15) is 21.9 Å². The Morgan fingerprint density at radius 2 is 2.05 bits per heavy atom. The third kappa shape index (κ3) is 2.39. The minimum Gasteiger partial charge on any atom is -0.478 e. The summed E-state index contributed by atoms with van der Waals surface area (Å²) in [6, 6.07) is 0. The van der Waals surface area contributed by atoms with Crippen molar-refractivity contribution in [1.82, 2.24) is 9.78 Å². The molecule has 20 heavy (non-hydrogen) atoms. The summed E-state index contributed by atoms with van der Waals surface area (Å²) in [5, 5.41) is 13.0. The fourth-order valence-corrected chi connectivity index (χ4v) is 3.35. The third-order valence-electron chi connectivity index (χ3n) is 2.64. The molecule has 0 aromatic carbocycles. The SMILES string of the molecule is Cc1oc(C)c(S(=O)(=O)Nc2cnn(C)c2)c1C(=O)O. The predicted molar refractivity (Wildman–Crippen MR) is 69.2 cm³/mol. The van der Waals surface area contributed by atoms with Gasteiger partial charge in [0, 0.05) is 13.2 Å². The number of hydrogen-bond donors (Lipinski definition) is 2. The van der Waals surface area contributed by atoms with Crippen molar-refractivity contribution < 1.29 is 22.7 Å². The summed E-state index contributed by atoms with van der Waals surface area (Å²) >= 11 is 0. The highest BCUT2D eigenvalue weighted by molar-refractivity contribution is 7.92. The van der Waals surface area contributed by atoms with E-state index >= 15 is 0 Å². The van der Waals surface area contributed by atoms with Crippen molar-refractivity contribution in [2.45, 2.75) is 18.7 Å². The lowest BCUT2D eigenvalue weighted by Crippen LogP contribution is -2.16. The van der Waals surface area contributed by atoms with E-state index in [-0.39, 0.29) is 27.7 Å². The van der Waals surface area contributed by atoms with E-state index in [1.807, 2.05) is 0 Å². The minimum atomic E-state index is -4.06. The number of carboxylic acids is 1. The lowest BCUT2D eigenvalue weighted by molar-refractivity contribution is 0.0691. The largest absolute Gasteiger partial charge is 0.478 e. The van der Waals surface area contributed by atoms with Gasteiger partial charge >= 0.3 is 5.97 Å². The van der Waals surface area contributed by atoms with Gasteiger partial charge in [-0.3, -0.25) is 9.40 Å². The monoisotopic (exact) mass is 299 g/mol. The van der Waals surface area contributed by atoms with Crippen LogP contribution in [0.2, 0.25) is 0 Å². The zero-order valence-corrected chi connectivity index (χ0v) is 11.9. The Labute approximate surface area is 115 Å². The van der Waals surface area contributed by atoms with Crippen LogP contribution in [0.4, 0.5) is 5.69 Å². The first kappa shape index (κ1) is 14.1. The molecule has 0 aliphatic heterocycles. The molecule has 0 saturated heterocycles. The molecule has 9 heteroatoms. The lowest BCUT2D eigenvalue weighted by Gasteiger charge is -2.05. The van der Waals surface area contributed by atoms with Crippen molar-refractivity contribution in [1.29, 1.82) is 0 Å². The second kappa shape index (κ2) is 4.67. The van der Waals surface area contributed by atoms with Gasteiger partial charge in [-0.1, -0.05) is 0 Å². The average molecular weight is 299 g/mol. The van der Waals surface area contributed by atoms with Crippen molar-refractivity contribution in [3.05, 3.63) is 29.5 Å². The van der Waals surface area contributed by atoms with Crippen LogP contribution < -0.4 is 4.72 Å². The average Bonchev–Trinajstić information content (AvgIpc) is 2.81. The van der Waals surface area contributed by atoms with Crippen molar-refractivity contribution in [3.8, 4) is 0 Å². The topological polar surface area (TPSA) is 114 Å². The summed E-state index contributed by atoms with van der Waals surface area (Å²) in [5.41, 5.74) is -0.124. The molecular formula is C11H13N3O5S. The Kier molecular flexibility index (Phi) is 3.30. The van der Waals surface area contributed by atoms with Gasteiger partial charge in [0.1, 0.15) is 22.0 Å². The van der Waals surface area contributed by atoms with E-state index in [9.17, 15) is 13.2 Å². The number of nitrogens with zero attached hydrogens (tertiary/aromatic N) is 2. The summed E-state index contributed by atoms with van der Waals surface area (Å²) in [6.45, 7) is 2.80. The quantitative estimate of drug-likeness (QED) is 0.874. The summed E-state index contributed by atoms with van der Waals surface area (Å²) < 4.78 is 33.4. The van der Waals surface area contributed by atoms with E-state index in [0.717, 1.165) is 0 Å². The van der Waals surface area contributed by atoms with Gasteiger partial charge in [0.25, 0.3) is 10.0 Å². The Morgan fingerprint density at radius 3 is 2.55 bits per heavy atom. The predicted octanol–water partition coefficient (Wildman–Crippen LogP) is 1.13. The van der Waals surface area contributed by atoms with Crippen LogP contribution >= 0.6 is 0 Å².